The summed E-state index contributed by atoms with van der Waals surface area (Å²) in [6, 6.07) is 17.5. The highest BCUT2D eigenvalue weighted by atomic mass is 19.1. The molecular formula is C36H10F4N6. The van der Waals surface area contributed by atoms with Crippen molar-refractivity contribution in [3.05, 3.63) is 157 Å². The van der Waals surface area contributed by atoms with Gasteiger partial charge in [0, 0.05) is 11.1 Å². The summed E-state index contributed by atoms with van der Waals surface area (Å²) in [5.41, 5.74) is -0.0894. The van der Waals surface area contributed by atoms with E-state index in [1.54, 1.807) is 6.07 Å². The van der Waals surface area contributed by atoms with E-state index >= 15 is 17.6 Å². The van der Waals surface area contributed by atoms with Crippen molar-refractivity contribution < 1.29 is 17.6 Å². The molecule has 6 rings (SSSR count). The van der Waals surface area contributed by atoms with E-state index in [9.17, 15) is 10.5 Å². The molecule has 0 amide bonds. The zero-order valence-corrected chi connectivity index (χ0v) is 23.0. The van der Waals surface area contributed by atoms with E-state index < -0.39 is 34.4 Å². The summed E-state index contributed by atoms with van der Waals surface area (Å²) in [5, 5.41) is 29.0. The summed E-state index contributed by atoms with van der Waals surface area (Å²) in [4.78, 5) is 9.83. The van der Waals surface area contributed by atoms with E-state index in [4.69, 9.17) is 25.0 Å². The van der Waals surface area contributed by atoms with Gasteiger partial charge >= 0.3 is 0 Å². The fourth-order valence-corrected chi connectivity index (χ4v) is 5.89. The first kappa shape index (κ1) is 28.9. The SMILES string of the molecule is [C-]#[N+]/C(C#N)=C1C2=C(/C(=C(\C#N)[N+]#[C-])c3cc(-c4c(F)cc([N+]#[C-])cc4F)ccc32)c2ccc(-c3c(F)cc(C#N)cc3F)cc2\1. The number of halogens is 4. The number of fused-ring (bicyclic) bond motifs is 4. The molecule has 0 spiro atoms. The van der Waals surface area contributed by atoms with Gasteiger partial charge in [-0.05, 0) is 80.9 Å². The minimum Gasteiger partial charge on any atom is -0.238 e. The summed E-state index contributed by atoms with van der Waals surface area (Å²) in [6.07, 6.45) is 0. The van der Waals surface area contributed by atoms with Gasteiger partial charge in [-0.1, -0.05) is 24.3 Å². The molecule has 0 heterocycles. The molecule has 6 nitrogen and oxygen atoms in total. The summed E-state index contributed by atoms with van der Waals surface area (Å²) in [7, 11) is 0. The minimum absolute atomic E-state index is 0.0415. The van der Waals surface area contributed by atoms with Crippen LogP contribution in [0.3, 0.4) is 0 Å². The summed E-state index contributed by atoms with van der Waals surface area (Å²) >= 11 is 0. The van der Waals surface area contributed by atoms with E-state index in [0.717, 1.165) is 24.3 Å². The van der Waals surface area contributed by atoms with Gasteiger partial charge in [0.1, 0.15) is 23.3 Å². The van der Waals surface area contributed by atoms with Crippen LogP contribution in [0.15, 0.2) is 72.1 Å². The van der Waals surface area contributed by atoms with Gasteiger partial charge in [0.2, 0.25) is 0 Å². The van der Waals surface area contributed by atoms with Crippen molar-refractivity contribution in [2.75, 3.05) is 0 Å². The summed E-state index contributed by atoms with van der Waals surface area (Å²) in [6.45, 7) is 22.5. The molecule has 0 aromatic heterocycles. The van der Waals surface area contributed by atoms with Crippen LogP contribution in [-0.4, -0.2) is 0 Å². The molecule has 0 aliphatic heterocycles. The Balaban J connectivity index is 1.65. The van der Waals surface area contributed by atoms with Crippen molar-refractivity contribution in [1.29, 1.82) is 15.8 Å². The molecule has 0 saturated heterocycles. The lowest BCUT2D eigenvalue weighted by Crippen LogP contribution is -1.98. The van der Waals surface area contributed by atoms with E-state index in [1.807, 2.05) is 12.1 Å². The summed E-state index contributed by atoms with van der Waals surface area (Å²) in [5.74, 6) is -4.01. The molecule has 0 atom stereocenters. The fraction of sp³-hybridized carbons (Fsp3) is 0. The van der Waals surface area contributed by atoms with Crippen molar-refractivity contribution >= 4 is 28.0 Å². The smallest absolute Gasteiger partial charge is 0.238 e. The molecule has 0 unspecified atom stereocenters. The van der Waals surface area contributed by atoms with Crippen LogP contribution >= 0.6 is 0 Å². The highest BCUT2D eigenvalue weighted by Crippen LogP contribution is 2.60. The fourth-order valence-electron chi connectivity index (χ4n) is 5.89. The van der Waals surface area contributed by atoms with Gasteiger partial charge < -0.3 is 0 Å². The number of benzene rings is 4. The van der Waals surface area contributed by atoms with Crippen molar-refractivity contribution in [3.8, 4) is 40.5 Å². The monoisotopic (exact) mass is 602 g/mol. The molecule has 2 aliphatic rings. The van der Waals surface area contributed by atoms with Crippen LogP contribution < -0.4 is 0 Å². The van der Waals surface area contributed by atoms with Gasteiger partial charge in [0.05, 0.1) is 54.6 Å². The zero-order chi connectivity index (χ0) is 32.9. The molecule has 0 radical (unpaired) electrons. The molecule has 0 N–H and O–H groups in total. The molecular weight excluding hydrogens is 592 g/mol. The van der Waals surface area contributed by atoms with Gasteiger partial charge in [-0.15, -0.1) is 0 Å². The average molecular weight is 603 g/mol. The molecule has 2 aliphatic carbocycles. The quantitative estimate of drug-likeness (QED) is 0.130. The second kappa shape index (κ2) is 10.8. The Morgan fingerprint density at radius 1 is 0.565 bits per heavy atom. The topological polar surface area (TPSA) is 84.4 Å². The van der Waals surface area contributed by atoms with Crippen molar-refractivity contribution in [2.24, 2.45) is 0 Å². The van der Waals surface area contributed by atoms with Gasteiger partial charge in [-0.2, -0.15) is 5.26 Å². The lowest BCUT2D eigenvalue weighted by Gasteiger charge is -2.16. The molecule has 4 aromatic carbocycles. The van der Waals surface area contributed by atoms with Gasteiger partial charge in [-0.3, -0.25) is 0 Å². The zero-order valence-electron chi connectivity index (χ0n) is 23.0. The van der Waals surface area contributed by atoms with Crippen LogP contribution in [-0.2, 0) is 0 Å². The Hall–Kier alpha value is -7.24. The number of hydrogen-bond donors (Lipinski definition) is 0. The average Bonchev–Trinajstić information content (AvgIpc) is 3.54. The Bertz CT molecular complexity index is 2230. The van der Waals surface area contributed by atoms with Crippen molar-refractivity contribution in [2.45, 2.75) is 0 Å². The Kier molecular flexibility index (Phi) is 6.77. The Morgan fingerprint density at radius 3 is 1.33 bits per heavy atom. The van der Waals surface area contributed by atoms with E-state index in [0.29, 0.717) is 11.1 Å². The molecule has 10 heteroatoms. The first-order valence-electron chi connectivity index (χ1n) is 13.1. The lowest BCUT2D eigenvalue weighted by molar-refractivity contribution is 0.588. The third-order valence-corrected chi connectivity index (χ3v) is 7.68. The largest absolute Gasteiger partial charge is 0.270 e. The van der Waals surface area contributed by atoms with E-state index in [-0.39, 0.29) is 67.2 Å². The molecule has 4 aromatic rings. The van der Waals surface area contributed by atoms with E-state index in [1.165, 1.54) is 36.4 Å². The molecule has 0 fully saturated rings. The van der Waals surface area contributed by atoms with E-state index in [2.05, 4.69) is 14.5 Å². The maximum Gasteiger partial charge on any atom is 0.270 e. The lowest BCUT2D eigenvalue weighted by atomic mass is 9.88. The number of allylic oxidation sites excluding steroid dienone is 6. The minimum atomic E-state index is -1.01. The normalized spacial score (nSPS) is 14.4. The van der Waals surface area contributed by atoms with Crippen LogP contribution in [0.4, 0.5) is 23.2 Å². The second-order valence-electron chi connectivity index (χ2n) is 9.99. The van der Waals surface area contributed by atoms with Crippen LogP contribution in [0.5, 0.6) is 0 Å². The first-order chi connectivity index (χ1) is 22.2. The Labute approximate surface area is 259 Å². The van der Waals surface area contributed by atoms with Gasteiger partial charge in [0.25, 0.3) is 11.4 Å². The highest BCUT2D eigenvalue weighted by Gasteiger charge is 2.40. The molecule has 46 heavy (non-hydrogen) atoms. The number of nitrogens with zero attached hydrogens (tertiary/aromatic N) is 6. The Morgan fingerprint density at radius 2 is 0.978 bits per heavy atom. The van der Waals surface area contributed by atoms with Crippen molar-refractivity contribution in [1.82, 2.24) is 0 Å². The van der Waals surface area contributed by atoms with Crippen molar-refractivity contribution in [3.63, 3.8) is 0 Å². The predicted molar refractivity (Wildman–Crippen MR) is 160 cm³/mol. The van der Waals surface area contributed by atoms with Crippen LogP contribution in [0.2, 0.25) is 0 Å². The third-order valence-electron chi connectivity index (χ3n) is 7.68. The molecule has 0 saturated carbocycles. The number of hydrogen-bond acceptors (Lipinski definition) is 3. The first-order valence-corrected chi connectivity index (χ1v) is 13.1. The maximum absolute atomic E-state index is 15.0. The third kappa shape index (κ3) is 4.12. The predicted octanol–water partition coefficient (Wildman–Crippen LogP) is 9.25. The number of rotatable bonds is 2. The second-order valence-corrected chi connectivity index (χ2v) is 9.99. The maximum atomic E-state index is 15.0. The van der Waals surface area contributed by atoms with Gasteiger partial charge in [0.15, 0.2) is 5.69 Å². The molecule has 0 bridgehead atoms. The van der Waals surface area contributed by atoms with Gasteiger partial charge in [-0.25, -0.2) is 42.6 Å². The molecule has 212 valence electrons. The van der Waals surface area contributed by atoms with Crippen LogP contribution in [0.25, 0.3) is 59.1 Å². The standard InChI is InChI=1S/C36H10F4N6/c1-44-20-12-27(39)32(28(40)13-20)19-5-7-22-24(11-19)34(30(16-43)46-3)35-21-6-4-18(31-25(37)8-17(14-41)9-26(31)38)10-23(21)33(36(22)35)29(15-42)45-2/h4-13H/b33-29-,34-30+. The summed E-state index contributed by atoms with van der Waals surface area (Å²) < 4.78 is 60.1. The van der Waals surface area contributed by atoms with Crippen LogP contribution in [0, 0.1) is 77.0 Å². The highest BCUT2D eigenvalue weighted by molar-refractivity contribution is 6.37. The van der Waals surface area contributed by atoms with Crippen LogP contribution in [0.1, 0.15) is 27.8 Å². The number of nitriles is 3.